The first-order valence-electron chi connectivity index (χ1n) is 12.2. The van der Waals surface area contributed by atoms with Crippen LogP contribution in [0.25, 0.3) is 0 Å². The first kappa shape index (κ1) is 25.5. The summed E-state index contributed by atoms with van der Waals surface area (Å²) in [6, 6.07) is 7.97. The minimum absolute atomic E-state index is 0.153. The quantitative estimate of drug-likeness (QED) is 0.409. The van der Waals surface area contributed by atoms with Crippen LogP contribution in [0.1, 0.15) is 24.2 Å². The molecule has 0 unspecified atom stereocenters. The molecule has 11 nitrogen and oxygen atoms in total. The largest absolute Gasteiger partial charge is 0.492 e. The maximum absolute atomic E-state index is 13.5. The molecule has 2 aromatic carbocycles. The summed E-state index contributed by atoms with van der Waals surface area (Å²) >= 11 is 0. The molecule has 2 saturated heterocycles. The summed E-state index contributed by atoms with van der Waals surface area (Å²) in [6.45, 7) is 9.50. The normalized spacial score (nSPS) is 15.9. The third kappa shape index (κ3) is 5.80. The number of carbonyl (C=O) groups is 1. The third-order valence-corrected chi connectivity index (χ3v) is 6.05. The topological polar surface area (TPSA) is 116 Å². The molecule has 11 heteroatoms. The molecule has 0 atom stereocenters. The maximum atomic E-state index is 13.5. The molecule has 0 radical (unpaired) electrons. The number of non-ortho nitro benzene ring substituents is 1. The van der Waals surface area contributed by atoms with Crippen LogP contribution in [0.2, 0.25) is 0 Å². The first-order chi connectivity index (χ1) is 17.5. The lowest BCUT2D eigenvalue weighted by atomic mass is 10.1. The van der Waals surface area contributed by atoms with E-state index in [1.165, 1.54) is 12.1 Å². The van der Waals surface area contributed by atoms with Crippen molar-refractivity contribution in [2.24, 2.45) is 0 Å². The maximum Gasteiger partial charge on any atom is 0.270 e. The number of ether oxygens (including phenoxy) is 4. The van der Waals surface area contributed by atoms with Gasteiger partial charge in [0.2, 0.25) is 0 Å². The number of hydrogen-bond donors (Lipinski definition) is 1. The van der Waals surface area contributed by atoms with Gasteiger partial charge in [-0.25, -0.2) is 0 Å². The van der Waals surface area contributed by atoms with Gasteiger partial charge in [-0.1, -0.05) is 0 Å². The second kappa shape index (κ2) is 11.9. The molecule has 2 aliphatic rings. The fourth-order valence-corrected chi connectivity index (χ4v) is 4.33. The van der Waals surface area contributed by atoms with E-state index in [1.54, 1.807) is 12.1 Å². The lowest BCUT2D eigenvalue weighted by Crippen LogP contribution is -2.37. The molecular formula is C25H32N4O7. The molecule has 2 heterocycles. The molecule has 0 aliphatic carbocycles. The summed E-state index contributed by atoms with van der Waals surface area (Å²) in [5.41, 5.74) is 1.98. The number of nitro groups is 1. The Balaban J connectivity index is 1.70. The van der Waals surface area contributed by atoms with Crippen LogP contribution in [-0.4, -0.2) is 76.7 Å². The van der Waals surface area contributed by atoms with Crippen molar-refractivity contribution in [3.05, 3.63) is 46.0 Å². The highest BCUT2D eigenvalue weighted by atomic mass is 16.6. The smallest absolute Gasteiger partial charge is 0.270 e. The predicted molar refractivity (Wildman–Crippen MR) is 136 cm³/mol. The average molecular weight is 501 g/mol. The van der Waals surface area contributed by atoms with Gasteiger partial charge in [0.15, 0.2) is 0 Å². The Morgan fingerprint density at radius 2 is 1.50 bits per heavy atom. The molecule has 0 spiro atoms. The Hall–Kier alpha value is -3.57. The van der Waals surface area contributed by atoms with Gasteiger partial charge < -0.3 is 34.1 Å². The minimum Gasteiger partial charge on any atom is -0.492 e. The van der Waals surface area contributed by atoms with Crippen LogP contribution in [-0.2, 0) is 9.47 Å². The number of amides is 1. The Kier molecular flexibility index (Phi) is 8.44. The molecule has 194 valence electrons. The van der Waals surface area contributed by atoms with Gasteiger partial charge in [0.25, 0.3) is 11.6 Å². The van der Waals surface area contributed by atoms with E-state index in [-0.39, 0.29) is 11.3 Å². The molecule has 0 aromatic heterocycles. The molecular weight excluding hydrogens is 468 g/mol. The zero-order chi connectivity index (χ0) is 25.5. The van der Waals surface area contributed by atoms with E-state index in [9.17, 15) is 14.9 Å². The number of anilines is 3. The van der Waals surface area contributed by atoms with Crippen LogP contribution < -0.4 is 24.6 Å². The zero-order valence-electron chi connectivity index (χ0n) is 20.7. The summed E-state index contributed by atoms with van der Waals surface area (Å²) in [4.78, 5) is 28.7. The van der Waals surface area contributed by atoms with Crippen molar-refractivity contribution in [2.45, 2.75) is 13.8 Å². The van der Waals surface area contributed by atoms with Crippen molar-refractivity contribution in [3.8, 4) is 11.5 Å². The van der Waals surface area contributed by atoms with E-state index in [0.29, 0.717) is 88.7 Å². The number of hydrogen-bond acceptors (Lipinski definition) is 9. The second-order valence-electron chi connectivity index (χ2n) is 8.29. The van der Waals surface area contributed by atoms with Crippen LogP contribution in [0.4, 0.5) is 22.7 Å². The fraction of sp³-hybridized carbons (Fsp3) is 0.480. The van der Waals surface area contributed by atoms with Gasteiger partial charge in [0.05, 0.1) is 67.2 Å². The van der Waals surface area contributed by atoms with Crippen LogP contribution in [0.15, 0.2) is 30.3 Å². The molecule has 2 aromatic rings. The highest BCUT2D eigenvalue weighted by Crippen LogP contribution is 2.40. The number of nitrogens with one attached hydrogen (secondary N) is 1. The number of nitrogens with zero attached hydrogens (tertiary/aromatic N) is 3. The molecule has 2 fully saturated rings. The number of benzene rings is 2. The third-order valence-electron chi connectivity index (χ3n) is 6.05. The number of morpholine rings is 2. The van der Waals surface area contributed by atoms with Gasteiger partial charge in [-0.2, -0.15) is 0 Å². The van der Waals surface area contributed by atoms with E-state index in [0.717, 1.165) is 5.69 Å². The zero-order valence-corrected chi connectivity index (χ0v) is 20.7. The highest BCUT2D eigenvalue weighted by Gasteiger charge is 2.25. The molecule has 36 heavy (non-hydrogen) atoms. The summed E-state index contributed by atoms with van der Waals surface area (Å²) in [5.74, 6) is 0.641. The van der Waals surface area contributed by atoms with Gasteiger partial charge in [-0.15, -0.1) is 0 Å². The van der Waals surface area contributed by atoms with E-state index >= 15 is 0 Å². The van der Waals surface area contributed by atoms with Crippen molar-refractivity contribution in [1.29, 1.82) is 0 Å². The molecule has 1 N–H and O–H groups in total. The summed E-state index contributed by atoms with van der Waals surface area (Å²) in [6.07, 6.45) is 0. The fourth-order valence-electron chi connectivity index (χ4n) is 4.33. The highest BCUT2D eigenvalue weighted by molar-refractivity contribution is 6.09. The number of carbonyl (C=O) groups excluding carboxylic acids is 1. The average Bonchev–Trinajstić information content (AvgIpc) is 2.91. The van der Waals surface area contributed by atoms with Crippen molar-refractivity contribution in [3.63, 3.8) is 0 Å². The van der Waals surface area contributed by atoms with E-state index in [1.807, 2.05) is 24.8 Å². The van der Waals surface area contributed by atoms with Gasteiger partial charge >= 0.3 is 0 Å². The van der Waals surface area contributed by atoms with Gasteiger partial charge in [0, 0.05) is 50.4 Å². The van der Waals surface area contributed by atoms with Crippen LogP contribution in [0.3, 0.4) is 0 Å². The van der Waals surface area contributed by atoms with Crippen LogP contribution in [0.5, 0.6) is 11.5 Å². The van der Waals surface area contributed by atoms with Crippen LogP contribution >= 0.6 is 0 Å². The lowest BCUT2D eigenvalue weighted by molar-refractivity contribution is -0.384. The van der Waals surface area contributed by atoms with Gasteiger partial charge in [-0.3, -0.25) is 14.9 Å². The summed E-state index contributed by atoms with van der Waals surface area (Å²) in [7, 11) is 0. The number of rotatable bonds is 9. The Labute approximate surface area is 210 Å². The van der Waals surface area contributed by atoms with Crippen molar-refractivity contribution >= 4 is 28.7 Å². The van der Waals surface area contributed by atoms with Crippen molar-refractivity contribution in [2.75, 3.05) is 80.9 Å². The summed E-state index contributed by atoms with van der Waals surface area (Å²) in [5, 5.41) is 14.4. The minimum atomic E-state index is -0.504. The Morgan fingerprint density at radius 3 is 2.08 bits per heavy atom. The standard InChI is InChI=1S/C25H32N4O7/c1-3-35-23-17-22(28-9-13-34-14-10-28)24(36-4-2)16-20(23)26-25(30)19-15-18(29(31)32)5-6-21(19)27-7-11-33-12-8-27/h5-6,15-17H,3-4,7-14H2,1-2H3,(H,26,30). The predicted octanol–water partition coefficient (Wildman–Crippen LogP) is 3.32. The second-order valence-corrected chi connectivity index (χ2v) is 8.29. The molecule has 0 saturated carbocycles. The van der Waals surface area contributed by atoms with Crippen molar-refractivity contribution < 1.29 is 28.7 Å². The molecule has 2 aliphatic heterocycles. The SMILES string of the molecule is CCOc1cc(N2CCOCC2)c(OCC)cc1NC(=O)c1cc([N+](=O)[O-])ccc1N1CCOCC1. The molecule has 1 amide bonds. The Bertz CT molecular complexity index is 1080. The van der Waals surface area contributed by atoms with Gasteiger partial charge in [0.1, 0.15) is 11.5 Å². The van der Waals surface area contributed by atoms with E-state index < -0.39 is 10.8 Å². The monoisotopic (exact) mass is 500 g/mol. The van der Waals surface area contributed by atoms with Crippen molar-refractivity contribution in [1.82, 2.24) is 0 Å². The van der Waals surface area contributed by atoms with Gasteiger partial charge in [-0.05, 0) is 19.9 Å². The number of nitro benzene ring substituents is 1. The van der Waals surface area contributed by atoms with E-state index in [2.05, 4.69) is 10.2 Å². The first-order valence-corrected chi connectivity index (χ1v) is 12.2. The lowest BCUT2D eigenvalue weighted by Gasteiger charge is -2.31. The van der Waals surface area contributed by atoms with Crippen LogP contribution in [0, 0.1) is 10.1 Å². The summed E-state index contributed by atoms with van der Waals surface area (Å²) < 4.78 is 22.7. The Morgan fingerprint density at radius 1 is 0.917 bits per heavy atom. The van der Waals surface area contributed by atoms with E-state index in [4.69, 9.17) is 18.9 Å². The molecule has 0 bridgehead atoms. The molecule has 4 rings (SSSR count).